The van der Waals surface area contributed by atoms with Crippen LogP contribution in [0.1, 0.15) is 0 Å². The molecule has 6 heteroatoms. The predicted octanol–water partition coefficient (Wildman–Crippen LogP) is -2.75. The maximum absolute atomic E-state index is 9.41. The highest BCUT2D eigenvalue weighted by atomic mass is 32.2. The quantitative estimate of drug-likeness (QED) is 0.359. The van der Waals surface area contributed by atoms with Crippen molar-refractivity contribution < 1.29 is 13.3 Å². The van der Waals surface area contributed by atoms with Gasteiger partial charge in [-0.15, -0.1) is 0 Å². The lowest BCUT2D eigenvalue weighted by Crippen LogP contribution is -2.83. The van der Waals surface area contributed by atoms with Gasteiger partial charge in [-0.1, -0.05) is 0 Å². The molecule has 0 radical (unpaired) electrons. The molecule has 5 nitrogen and oxygen atoms in total. The van der Waals surface area contributed by atoms with E-state index in [2.05, 4.69) is 5.14 Å². The van der Waals surface area contributed by atoms with Gasteiger partial charge in [0, 0.05) is 0 Å². The van der Waals surface area contributed by atoms with Gasteiger partial charge in [0.15, 0.2) is 0 Å². The molecular formula is H4N2O3S. The summed E-state index contributed by atoms with van der Waals surface area (Å²) in [6.07, 6.45) is 0. The lowest BCUT2D eigenvalue weighted by atomic mass is 13.5. The summed E-state index contributed by atoms with van der Waals surface area (Å²) in [6, 6.07) is 0. The Morgan fingerprint density at radius 2 is 1.83 bits per heavy atom. The molecule has 0 atom stereocenters. The van der Waals surface area contributed by atoms with Crippen molar-refractivity contribution in [2.24, 2.45) is 5.14 Å². The average Bonchev–Trinajstić information content (AvgIpc) is 1.35. The van der Waals surface area contributed by atoms with Crippen molar-refractivity contribution in [3.63, 3.8) is 0 Å². The van der Waals surface area contributed by atoms with Crippen LogP contribution in [0, 0.1) is 5.21 Å². The summed E-state index contributed by atoms with van der Waals surface area (Å²) in [5.74, 6) is 0. The molecule has 0 saturated heterocycles. The Morgan fingerprint density at radius 1 is 1.67 bits per heavy atom. The molecule has 4 N–H and O–H groups in total. The molecule has 0 aliphatic rings. The van der Waals surface area contributed by atoms with Crippen LogP contribution < -0.4 is 10.0 Å². The summed E-state index contributed by atoms with van der Waals surface area (Å²) in [7, 11) is -3.84. The van der Waals surface area contributed by atoms with E-state index in [0.29, 0.717) is 0 Å². The van der Waals surface area contributed by atoms with Crippen molar-refractivity contribution in [3.8, 4) is 0 Å². The van der Waals surface area contributed by atoms with E-state index in [1.165, 1.54) is 0 Å². The van der Waals surface area contributed by atoms with Crippen LogP contribution in [0.15, 0.2) is 0 Å². The molecule has 0 amide bonds. The minimum atomic E-state index is -3.84. The Bertz CT molecular complexity index is 111. The molecule has 0 saturated carbocycles. The minimum absolute atomic E-state index is 0.312. The van der Waals surface area contributed by atoms with Crippen molar-refractivity contribution in [1.82, 2.24) is 0 Å². The maximum atomic E-state index is 9.41. The van der Waals surface area contributed by atoms with Gasteiger partial charge in [0.05, 0.1) is 0 Å². The highest BCUT2D eigenvalue weighted by molar-refractivity contribution is 7.82. The van der Waals surface area contributed by atoms with Gasteiger partial charge >= 0.3 is 10.2 Å². The zero-order chi connectivity index (χ0) is 5.21. The molecule has 0 aromatic carbocycles. The smallest absolute Gasteiger partial charge is 0.364 e. The van der Waals surface area contributed by atoms with Crippen molar-refractivity contribution >= 4 is 10.2 Å². The van der Waals surface area contributed by atoms with Crippen LogP contribution in [-0.2, 0) is 10.2 Å². The van der Waals surface area contributed by atoms with Crippen LogP contribution in [0.25, 0.3) is 0 Å². The molecule has 0 spiro atoms. The molecule has 0 rings (SSSR count). The fourth-order valence-corrected chi connectivity index (χ4v) is 0. The lowest BCUT2D eigenvalue weighted by molar-refractivity contribution is -0.416. The van der Waals surface area contributed by atoms with Crippen molar-refractivity contribution in [1.29, 1.82) is 0 Å². The molecular weight excluding hydrogens is 108 g/mol. The Balaban J connectivity index is 3.85. The van der Waals surface area contributed by atoms with Gasteiger partial charge in [-0.25, -0.2) is 0 Å². The summed E-state index contributed by atoms with van der Waals surface area (Å²) >= 11 is 0. The van der Waals surface area contributed by atoms with Crippen LogP contribution in [0.2, 0.25) is 0 Å². The fraction of sp³-hybridized carbons (Fsp3) is 0. The van der Waals surface area contributed by atoms with Crippen LogP contribution in [-0.4, -0.2) is 8.42 Å². The molecule has 0 aromatic rings. The van der Waals surface area contributed by atoms with E-state index >= 15 is 0 Å². The van der Waals surface area contributed by atoms with E-state index in [9.17, 15) is 8.42 Å². The fourth-order valence-electron chi connectivity index (χ4n) is 0. The number of nitrogens with two attached hydrogens (primary N) is 2. The van der Waals surface area contributed by atoms with Crippen LogP contribution in [0.3, 0.4) is 0 Å². The molecule has 0 aliphatic heterocycles. The van der Waals surface area contributed by atoms with Crippen LogP contribution >= 0.6 is 0 Å². The second-order valence-electron chi connectivity index (χ2n) is 0.685. The Labute approximate surface area is 34.9 Å². The van der Waals surface area contributed by atoms with E-state index in [0.717, 1.165) is 0 Å². The first kappa shape index (κ1) is 5.83. The van der Waals surface area contributed by atoms with E-state index in [1.54, 1.807) is 0 Å². The number of hydrogen-bond donors (Lipinski definition) is 2. The summed E-state index contributed by atoms with van der Waals surface area (Å²) in [4.78, 5) is -0.312. The third-order valence-electron chi connectivity index (χ3n) is 0.134. The van der Waals surface area contributed by atoms with E-state index in [4.69, 9.17) is 5.21 Å². The van der Waals surface area contributed by atoms with Crippen molar-refractivity contribution in [3.05, 3.63) is 5.21 Å². The molecule has 0 bridgehead atoms. The lowest BCUT2D eigenvalue weighted by Gasteiger charge is -1.92. The summed E-state index contributed by atoms with van der Waals surface area (Å²) in [6.45, 7) is 0. The molecule has 0 aliphatic carbocycles. The molecule has 0 heterocycles. The first-order valence-corrected chi connectivity index (χ1v) is 2.65. The zero-order valence-corrected chi connectivity index (χ0v) is 3.60. The first-order valence-electron chi connectivity index (χ1n) is 1.04. The number of rotatable bonds is 1. The Hall–Kier alpha value is -0.170. The van der Waals surface area contributed by atoms with Crippen molar-refractivity contribution in [2.45, 2.75) is 0 Å². The van der Waals surface area contributed by atoms with E-state index < -0.39 is 10.2 Å². The van der Waals surface area contributed by atoms with E-state index in [1.807, 2.05) is 0 Å². The number of quaternary nitrogens is 1. The average molecular weight is 112 g/mol. The van der Waals surface area contributed by atoms with Crippen LogP contribution in [0.4, 0.5) is 0 Å². The summed E-state index contributed by atoms with van der Waals surface area (Å²) < 4.78 is 18.8. The molecule has 0 unspecified atom stereocenters. The van der Waals surface area contributed by atoms with Gasteiger partial charge in [-0.3, -0.25) is 4.89 Å². The Kier molecular flexibility index (Phi) is 1.48. The van der Waals surface area contributed by atoms with Gasteiger partial charge in [-0.05, 0) is 0 Å². The van der Waals surface area contributed by atoms with Gasteiger partial charge < -0.3 is 5.21 Å². The third kappa shape index (κ3) is 3.83. The van der Waals surface area contributed by atoms with Gasteiger partial charge in [0.25, 0.3) is 0 Å². The molecule has 6 heavy (non-hydrogen) atoms. The Morgan fingerprint density at radius 3 is 1.83 bits per heavy atom. The van der Waals surface area contributed by atoms with Crippen molar-refractivity contribution in [2.75, 3.05) is 0 Å². The third-order valence-corrected chi connectivity index (χ3v) is 0.402. The van der Waals surface area contributed by atoms with Gasteiger partial charge in [0.2, 0.25) is 0 Å². The van der Waals surface area contributed by atoms with Gasteiger partial charge in [0.1, 0.15) is 0 Å². The minimum Gasteiger partial charge on any atom is -0.619 e. The molecule has 0 fully saturated rings. The normalized spacial score (nSPS) is 11.7. The standard InChI is InChI=1S/H4N2O3S/c1-6(4,5)2-3/h2H2,(H2,1,4,5). The van der Waals surface area contributed by atoms with Gasteiger partial charge in [-0.2, -0.15) is 13.6 Å². The topological polar surface area (TPSA) is 99.8 Å². The highest BCUT2D eigenvalue weighted by Gasteiger charge is 1.90. The maximum Gasteiger partial charge on any atom is 0.364 e. The SMILES string of the molecule is NS(=O)(=O)[NH2+][O-]. The second kappa shape index (κ2) is 1.52. The second-order valence-corrected chi connectivity index (χ2v) is 2.06. The first-order chi connectivity index (χ1) is 2.56. The summed E-state index contributed by atoms with van der Waals surface area (Å²) in [5.41, 5.74) is 0. The largest absolute Gasteiger partial charge is 0.619 e. The predicted molar refractivity (Wildman–Crippen MR) is 18.4 cm³/mol. The monoisotopic (exact) mass is 112 g/mol. The molecule has 38 valence electrons. The van der Waals surface area contributed by atoms with E-state index in [-0.39, 0.29) is 4.89 Å². The summed E-state index contributed by atoms with van der Waals surface area (Å²) in [5, 5.41) is 13.3. The zero-order valence-electron chi connectivity index (χ0n) is 2.79. The molecule has 0 aromatic heterocycles. The number of hydrogen-bond acceptors (Lipinski definition) is 3. The highest BCUT2D eigenvalue weighted by Crippen LogP contribution is 1.38. The van der Waals surface area contributed by atoms with Crippen LogP contribution in [0.5, 0.6) is 0 Å².